The van der Waals surface area contributed by atoms with Crippen LogP contribution in [-0.2, 0) is 4.43 Å². The molecule has 0 saturated carbocycles. The molecular weight excluding hydrogens is 292 g/mol. The van der Waals surface area contributed by atoms with E-state index >= 15 is 0 Å². The van der Waals surface area contributed by atoms with Crippen LogP contribution in [0.4, 0.5) is 0 Å². The monoisotopic (exact) mass is 320 g/mol. The highest BCUT2D eigenvalue weighted by atomic mass is 28.4. The summed E-state index contributed by atoms with van der Waals surface area (Å²) in [4.78, 5) is 0. The smallest absolute Gasteiger partial charge is 0.191 e. The van der Waals surface area contributed by atoms with E-state index in [4.69, 9.17) is 13.9 Å². The van der Waals surface area contributed by atoms with Crippen LogP contribution in [0.15, 0.2) is 36.1 Å². The summed E-state index contributed by atoms with van der Waals surface area (Å²) in [6.07, 6.45) is 4.08. The highest BCUT2D eigenvalue weighted by Gasteiger charge is 2.36. The van der Waals surface area contributed by atoms with Crippen LogP contribution in [0.5, 0.6) is 11.5 Å². The van der Waals surface area contributed by atoms with E-state index < -0.39 is 8.32 Å². The predicted molar refractivity (Wildman–Crippen MR) is 93.0 cm³/mol. The molecule has 0 bridgehead atoms. The van der Waals surface area contributed by atoms with Gasteiger partial charge in [-0.15, -0.1) is 0 Å². The quantitative estimate of drug-likeness (QED) is 0.555. The van der Waals surface area contributed by atoms with Crippen LogP contribution < -0.4 is 9.47 Å². The third kappa shape index (κ3) is 4.37. The second-order valence-corrected chi connectivity index (χ2v) is 12.1. The van der Waals surface area contributed by atoms with Gasteiger partial charge in [0.15, 0.2) is 19.8 Å². The fourth-order valence-corrected chi connectivity index (χ4v) is 3.05. The minimum Gasteiger partial charge on any atom is -0.482 e. The second kappa shape index (κ2) is 6.88. The number of rotatable bonds is 5. The Morgan fingerprint density at radius 1 is 1.18 bits per heavy atom. The van der Waals surface area contributed by atoms with Crippen LogP contribution in [0.25, 0.3) is 0 Å². The van der Waals surface area contributed by atoms with Crippen molar-refractivity contribution in [2.45, 2.75) is 51.7 Å². The minimum absolute atomic E-state index is 0.273. The number of fused-ring (bicyclic) bond motifs is 1. The fourth-order valence-electron chi connectivity index (χ4n) is 1.96. The number of para-hydroxylation sites is 2. The van der Waals surface area contributed by atoms with Gasteiger partial charge in [0.25, 0.3) is 0 Å². The number of hydrogen-bond acceptors (Lipinski definition) is 3. The average molecular weight is 321 g/mol. The molecule has 3 nitrogen and oxygen atoms in total. The molecule has 1 aromatic carbocycles. The number of hydrogen-bond donors (Lipinski definition) is 0. The molecule has 1 aromatic rings. The van der Waals surface area contributed by atoms with Crippen LogP contribution in [0.2, 0.25) is 18.1 Å². The van der Waals surface area contributed by atoms with E-state index in [1.807, 2.05) is 24.3 Å². The first-order valence-electron chi connectivity index (χ1n) is 8.02. The lowest BCUT2D eigenvalue weighted by molar-refractivity contribution is 0.230. The second-order valence-electron chi connectivity index (χ2n) is 7.26. The summed E-state index contributed by atoms with van der Waals surface area (Å²) in [5, 5.41) is 0.273. The summed E-state index contributed by atoms with van der Waals surface area (Å²) >= 11 is 0. The first kappa shape index (κ1) is 17.1. The Bertz CT molecular complexity index is 529. The first-order chi connectivity index (χ1) is 10.3. The molecule has 1 heterocycles. The van der Waals surface area contributed by atoms with E-state index in [1.165, 1.54) is 0 Å². The van der Waals surface area contributed by atoms with Crippen molar-refractivity contribution >= 4 is 8.32 Å². The maximum atomic E-state index is 6.18. The summed E-state index contributed by atoms with van der Waals surface area (Å²) < 4.78 is 17.7. The van der Waals surface area contributed by atoms with Crippen LogP contribution in [-0.4, -0.2) is 21.5 Å². The molecule has 0 atom stereocenters. The van der Waals surface area contributed by atoms with E-state index in [-0.39, 0.29) is 5.04 Å². The number of unbranched alkanes of at least 4 members (excludes halogenated alkanes) is 1. The third-order valence-electron chi connectivity index (χ3n) is 4.45. The molecule has 0 unspecified atom stereocenters. The number of ether oxygens (including phenoxy) is 2. The largest absolute Gasteiger partial charge is 0.482 e. The van der Waals surface area contributed by atoms with Crippen molar-refractivity contribution in [3.8, 4) is 11.5 Å². The molecule has 1 aliphatic heterocycles. The fraction of sp³-hybridized carbons (Fsp3) is 0.556. The predicted octanol–water partition coefficient (Wildman–Crippen LogP) is 5.14. The Morgan fingerprint density at radius 2 is 1.86 bits per heavy atom. The van der Waals surface area contributed by atoms with Gasteiger partial charge in [0, 0.05) is 6.61 Å². The maximum Gasteiger partial charge on any atom is 0.191 e. The van der Waals surface area contributed by atoms with Crippen LogP contribution in [0, 0.1) is 0 Å². The lowest BCUT2D eigenvalue weighted by atomic mass is 10.2. The van der Waals surface area contributed by atoms with Gasteiger partial charge in [-0.05, 0) is 49.2 Å². The van der Waals surface area contributed by atoms with Gasteiger partial charge in [0.1, 0.15) is 12.4 Å². The molecule has 0 N–H and O–H groups in total. The third-order valence-corrected chi connectivity index (χ3v) is 8.99. The van der Waals surface area contributed by atoms with E-state index in [0.717, 1.165) is 36.7 Å². The lowest BCUT2D eigenvalue weighted by Crippen LogP contribution is -2.40. The SMILES string of the molecule is CC(C)(C)[Si](C)(C)OCCC/C=C1/COc2ccccc2O1. The standard InChI is InChI=1S/C18H28O3Si/c1-18(2,3)22(4,5)20-13-9-8-10-15-14-19-16-11-6-7-12-17(16)21-15/h6-7,10-12H,8-9,13-14H2,1-5H3/b15-10-. The van der Waals surface area contributed by atoms with Crippen molar-refractivity contribution in [3.05, 3.63) is 36.1 Å². The van der Waals surface area contributed by atoms with Gasteiger partial charge in [-0.2, -0.15) is 0 Å². The van der Waals surface area contributed by atoms with Crippen LogP contribution in [0.3, 0.4) is 0 Å². The molecule has 0 radical (unpaired) electrons. The average Bonchev–Trinajstić information content (AvgIpc) is 2.45. The Kier molecular flexibility index (Phi) is 5.35. The summed E-state index contributed by atoms with van der Waals surface area (Å²) in [6.45, 7) is 12.7. The number of benzene rings is 1. The summed E-state index contributed by atoms with van der Waals surface area (Å²) in [7, 11) is -1.62. The Balaban J connectivity index is 1.76. The summed E-state index contributed by atoms with van der Waals surface area (Å²) in [6, 6.07) is 7.77. The zero-order valence-electron chi connectivity index (χ0n) is 14.4. The number of allylic oxidation sites excluding steroid dienone is 1. The molecule has 0 spiro atoms. The van der Waals surface area contributed by atoms with Crippen molar-refractivity contribution in [2.75, 3.05) is 13.2 Å². The highest BCUT2D eigenvalue weighted by molar-refractivity contribution is 6.74. The van der Waals surface area contributed by atoms with Gasteiger partial charge in [-0.3, -0.25) is 0 Å². The molecule has 122 valence electrons. The van der Waals surface area contributed by atoms with Crippen molar-refractivity contribution in [1.82, 2.24) is 0 Å². The van der Waals surface area contributed by atoms with E-state index in [9.17, 15) is 0 Å². The molecule has 0 fully saturated rings. The normalized spacial score (nSPS) is 16.9. The van der Waals surface area contributed by atoms with Gasteiger partial charge >= 0.3 is 0 Å². The Morgan fingerprint density at radius 3 is 2.55 bits per heavy atom. The zero-order valence-corrected chi connectivity index (χ0v) is 15.4. The van der Waals surface area contributed by atoms with Crippen LogP contribution in [0.1, 0.15) is 33.6 Å². The minimum atomic E-state index is -1.62. The topological polar surface area (TPSA) is 27.7 Å². The van der Waals surface area contributed by atoms with Crippen molar-refractivity contribution in [2.24, 2.45) is 0 Å². The molecule has 4 heteroatoms. The molecule has 0 aliphatic carbocycles. The van der Waals surface area contributed by atoms with Crippen molar-refractivity contribution in [1.29, 1.82) is 0 Å². The van der Waals surface area contributed by atoms with E-state index in [0.29, 0.717) is 6.61 Å². The highest BCUT2D eigenvalue weighted by Crippen LogP contribution is 2.36. The lowest BCUT2D eigenvalue weighted by Gasteiger charge is -2.36. The van der Waals surface area contributed by atoms with Crippen molar-refractivity contribution < 1.29 is 13.9 Å². The van der Waals surface area contributed by atoms with E-state index in [2.05, 4.69) is 39.9 Å². The molecule has 2 rings (SSSR count). The van der Waals surface area contributed by atoms with E-state index in [1.54, 1.807) is 0 Å². The van der Waals surface area contributed by atoms with Crippen LogP contribution >= 0.6 is 0 Å². The summed E-state index contributed by atoms with van der Waals surface area (Å²) in [5.74, 6) is 2.52. The molecule has 22 heavy (non-hydrogen) atoms. The van der Waals surface area contributed by atoms with Gasteiger partial charge in [0.2, 0.25) is 0 Å². The van der Waals surface area contributed by atoms with Gasteiger partial charge < -0.3 is 13.9 Å². The molecular formula is C18H28O3Si. The molecule has 0 saturated heterocycles. The first-order valence-corrected chi connectivity index (χ1v) is 10.9. The van der Waals surface area contributed by atoms with Crippen molar-refractivity contribution in [3.63, 3.8) is 0 Å². The molecule has 0 amide bonds. The Hall–Kier alpha value is -1.26. The summed E-state index contributed by atoms with van der Waals surface area (Å²) in [5.41, 5.74) is 0. The van der Waals surface area contributed by atoms with Gasteiger partial charge in [-0.1, -0.05) is 32.9 Å². The molecule has 0 aromatic heterocycles. The Labute approximate surface area is 135 Å². The van der Waals surface area contributed by atoms with Gasteiger partial charge in [-0.25, -0.2) is 0 Å². The maximum absolute atomic E-state index is 6.18. The zero-order chi connectivity index (χ0) is 16.2. The van der Waals surface area contributed by atoms with Gasteiger partial charge in [0.05, 0.1) is 0 Å². The molecule has 1 aliphatic rings.